The van der Waals surface area contributed by atoms with Crippen molar-refractivity contribution >= 4 is 62.8 Å². The largest absolute Gasteiger partial charge is 0.269 e. The van der Waals surface area contributed by atoms with E-state index in [4.69, 9.17) is 9.97 Å². The zero-order valence-electron chi connectivity index (χ0n) is 19.9. The van der Waals surface area contributed by atoms with Crippen molar-refractivity contribution in [1.82, 2.24) is 20.2 Å². The molecule has 1 fully saturated rings. The number of anilines is 1. The predicted molar refractivity (Wildman–Crippen MR) is 159 cm³/mol. The van der Waals surface area contributed by atoms with Gasteiger partial charge in [0.15, 0.2) is 11.5 Å². The Hall–Kier alpha value is -2.83. The molecule has 0 aliphatic heterocycles. The van der Waals surface area contributed by atoms with E-state index >= 15 is 0 Å². The smallest absolute Gasteiger partial charge is 0.201 e. The molecule has 0 saturated heterocycles. The van der Waals surface area contributed by atoms with Gasteiger partial charge in [-0.05, 0) is 71.8 Å². The Kier molecular flexibility index (Phi) is 6.72. The quantitative estimate of drug-likeness (QED) is 0.176. The van der Waals surface area contributed by atoms with Crippen LogP contribution in [-0.2, 0) is 0 Å². The van der Waals surface area contributed by atoms with Crippen LogP contribution in [-0.4, -0.2) is 20.2 Å². The summed E-state index contributed by atoms with van der Waals surface area (Å²) in [4.78, 5) is 10.2. The van der Waals surface area contributed by atoms with Gasteiger partial charge in [0.2, 0.25) is 7.41 Å². The molecule has 0 amide bonds. The van der Waals surface area contributed by atoms with Crippen molar-refractivity contribution in [2.45, 2.75) is 38.0 Å². The van der Waals surface area contributed by atoms with Crippen molar-refractivity contribution in [3.63, 3.8) is 0 Å². The van der Waals surface area contributed by atoms with Crippen molar-refractivity contribution in [2.75, 3.05) is 5.09 Å². The molecule has 36 heavy (non-hydrogen) atoms. The zero-order valence-corrected chi connectivity index (χ0v) is 23.0. The van der Waals surface area contributed by atoms with Crippen molar-refractivity contribution in [2.24, 2.45) is 0 Å². The van der Waals surface area contributed by atoms with Crippen molar-refractivity contribution in [3.8, 4) is 0 Å². The number of benzene rings is 3. The van der Waals surface area contributed by atoms with Gasteiger partial charge in [-0.3, -0.25) is 5.10 Å². The van der Waals surface area contributed by atoms with E-state index in [1.165, 1.54) is 35.2 Å². The van der Waals surface area contributed by atoms with E-state index in [-0.39, 0.29) is 0 Å². The van der Waals surface area contributed by atoms with Crippen LogP contribution in [0.3, 0.4) is 0 Å². The van der Waals surface area contributed by atoms with Crippen LogP contribution in [0.15, 0.2) is 91.0 Å². The SMILES string of the molecule is Ic1[nH]nc2nc(C3CCCCC3)nc(N[P+](c3ccccc3)(c3ccccc3)c3ccccc3)c12. The van der Waals surface area contributed by atoms with E-state index in [0.717, 1.165) is 39.2 Å². The predicted octanol–water partition coefficient (Wildman–Crippen LogP) is 6.33. The molecule has 6 rings (SSSR count). The lowest BCUT2D eigenvalue weighted by molar-refractivity contribution is 0.430. The van der Waals surface area contributed by atoms with Gasteiger partial charge in [0.05, 0.1) is 5.39 Å². The standard InChI is InChI=1S/C29H28IN5P/c30-26-25-28(34-33-26)31-27(21-13-5-1-6-14-21)32-29(25)35-36(22-15-7-2-8-16-22,23-17-9-3-10-18-23)24-19-11-4-12-20-24/h2-4,7-12,15-21H,1,5-6,13-14H2,(H2,31,32,33,34,35)/q+1. The third-order valence-corrected chi connectivity index (χ3v) is 11.6. The Morgan fingerprint density at radius 2 is 1.25 bits per heavy atom. The molecule has 0 radical (unpaired) electrons. The Morgan fingerprint density at radius 3 is 1.78 bits per heavy atom. The van der Waals surface area contributed by atoms with Gasteiger partial charge in [-0.2, -0.15) is 5.10 Å². The Morgan fingerprint density at radius 1 is 0.722 bits per heavy atom. The molecule has 3 aromatic carbocycles. The number of nitrogens with one attached hydrogen (secondary N) is 2. The summed E-state index contributed by atoms with van der Waals surface area (Å²) in [6, 6.07) is 32.4. The summed E-state index contributed by atoms with van der Waals surface area (Å²) < 4.78 is 0.951. The van der Waals surface area contributed by atoms with Crippen LogP contribution in [0.1, 0.15) is 43.8 Å². The summed E-state index contributed by atoms with van der Waals surface area (Å²) in [6.07, 6.45) is 6.06. The molecular formula is C29H28IN5P+. The highest BCUT2D eigenvalue weighted by Crippen LogP contribution is 2.55. The maximum Gasteiger partial charge on any atom is 0.201 e. The summed E-state index contributed by atoms with van der Waals surface area (Å²) >= 11 is 2.32. The summed E-state index contributed by atoms with van der Waals surface area (Å²) in [5.74, 6) is 2.17. The van der Waals surface area contributed by atoms with Crippen LogP contribution in [0.2, 0.25) is 0 Å². The highest BCUT2D eigenvalue weighted by atomic mass is 127. The molecule has 0 bridgehead atoms. The van der Waals surface area contributed by atoms with Gasteiger partial charge in [-0.1, -0.05) is 73.9 Å². The number of aromatic nitrogens is 4. The highest BCUT2D eigenvalue weighted by Gasteiger charge is 2.47. The zero-order chi connectivity index (χ0) is 24.4. The summed E-state index contributed by atoms with van der Waals surface area (Å²) in [6.45, 7) is 0. The maximum atomic E-state index is 5.26. The van der Waals surface area contributed by atoms with Crippen LogP contribution in [0, 0.1) is 3.70 Å². The van der Waals surface area contributed by atoms with E-state index in [1.54, 1.807) is 0 Å². The Labute approximate surface area is 225 Å². The van der Waals surface area contributed by atoms with Crippen LogP contribution in [0.5, 0.6) is 0 Å². The second kappa shape index (κ2) is 10.3. The number of hydrogen-bond acceptors (Lipinski definition) is 4. The second-order valence-electron chi connectivity index (χ2n) is 9.29. The lowest BCUT2D eigenvalue weighted by Crippen LogP contribution is -2.36. The van der Waals surface area contributed by atoms with E-state index in [2.05, 4.69) is 129 Å². The molecule has 1 aliphatic rings. The first-order valence-electron chi connectivity index (χ1n) is 12.5. The third kappa shape index (κ3) is 4.31. The van der Waals surface area contributed by atoms with Crippen molar-refractivity contribution in [1.29, 1.82) is 0 Å². The van der Waals surface area contributed by atoms with Gasteiger partial charge in [-0.15, -0.1) is 0 Å². The number of aromatic amines is 1. The van der Waals surface area contributed by atoms with Crippen LogP contribution < -0.4 is 21.0 Å². The van der Waals surface area contributed by atoms with Gasteiger partial charge < -0.3 is 0 Å². The first kappa shape index (κ1) is 23.6. The van der Waals surface area contributed by atoms with Gasteiger partial charge in [0.1, 0.15) is 25.4 Å². The summed E-state index contributed by atoms with van der Waals surface area (Å²) in [5.41, 5.74) is 0.741. The lowest BCUT2D eigenvalue weighted by atomic mass is 9.88. The molecule has 2 aromatic heterocycles. The summed E-state index contributed by atoms with van der Waals surface area (Å²) in [5, 5.41) is 16.5. The second-order valence-corrected chi connectivity index (χ2v) is 13.5. The van der Waals surface area contributed by atoms with Gasteiger partial charge in [0.25, 0.3) is 0 Å². The maximum absolute atomic E-state index is 5.26. The van der Waals surface area contributed by atoms with E-state index in [0.29, 0.717) is 5.92 Å². The van der Waals surface area contributed by atoms with Crippen LogP contribution in [0.4, 0.5) is 5.82 Å². The molecule has 0 unspecified atom stereocenters. The number of H-pyrrole nitrogens is 1. The fourth-order valence-electron chi connectivity index (χ4n) is 5.29. The average molecular weight is 604 g/mol. The van der Waals surface area contributed by atoms with Gasteiger partial charge >= 0.3 is 0 Å². The topological polar surface area (TPSA) is 66.5 Å². The van der Waals surface area contributed by atoms with Crippen LogP contribution in [0.25, 0.3) is 11.0 Å². The first-order valence-corrected chi connectivity index (χ1v) is 15.4. The monoisotopic (exact) mass is 604 g/mol. The van der Waals surface area contributed by atoms with Crippen LogP contribution >= 0.6 is 30.0 Å². The minimum atomic E-state index is -2.32. The molecule has 2 N–H and O–H groups in total. The first-order chi connectivity index (χ1) is 17.8. The van der Waals surface area contributed by atoms with Crippen molar-refractivity contribution < 1.29 is 0 Å². The van der Waals surface area contributed by atoms with Gasteiger partial charge in [-0.25, -0.2) is 15.1 Å². The molecule has 2 heterocycles. The number of hydrogen-bond donors (Lipinski definition) is 2. The fraction of sp³-hybridized carbons (Fsp3) is 0.207. The number of nitrogens with zero attached hydrogens (tertiary/aromatic N) is 3. The lowest BCUT2D eigenvalue weighted by Gasteiger charge is -2.28. The highest BCUT2D eigenvalue weighted by molar-refractivity contribution is 14.1. The minimum absolute atomic E-state index is 0.385. The number of fused-ring (bicyclic) bond motifs is 1. The molecule has 5 nitrogen and oxygen atoms in total. The molecule has 5 aromatic rings. The molecule has 0 spiro atoms. The van der Waals surface area contributed by atoms with Gasteiger partial charge in [0, 0.05) is 5.92 Å². The van der Waals surface area contributed by atoms with E-state index in [9.17, 15) is 0 Å². The third-order valence-electron chi connectivity index (χ3n) is 7.06. The molecule has 180 valence electrons. The molecule has 1 saturated carbocycles. The summed E-state index contributed by atoms with van der Waals surface area (Å²) in [7, 11) is -2.32. The van der Waals surface area contributed by atoms with Crippen molar-refractivity contribution in [3.05, 3.63) is 101 Å². The normalized spacial score (nSPS) is 14.7. The van der Waals surface area contributed by atoms with E-state index < -0.39 is 7.41 Å². The number of halogens is 1. The van der Waals surface area contributed by atoms with E-state index in [1.807, 2.05) is 0 Å². The molecule has 7 heteroatoms. The molecule has 1 aliphatic carbocycles. The fourth-order valence-corrected chi connectivity index (χ4v) is 9.52. The molecular weight excluding hydrogens is 576 g/mol. The Bertz CT molecular complexity index is 1350. The average Bonchev–Trinajstić information content (AvgIpc) is 3.34. The minimum Gasteiger partial charge on any atom is -0.269 e. The Balaban J connectivity index is 1.61. The number of rotatable bonds is 6. The molecule has 0 atom stereocenters.